The number of hydrogen-bond donors (Lipinski definition) is 0. The molecule has 0 saturated heterocycles. The van der Waals surface area contributed by atoms with E-state index in [0.29, 0.717) is 13.2 Å². The van der Waals surface area contributed by atoms with Crippen molar-refractivity contribution in [3.63, 3.8) is 0 Å². The zero-order valence-electron chi connectivity index (χ0n) is 14.8. The maximum Gasteiger partial charge on any atom is 0.192 e. The molecule has 23 heavy (non-hydrogen) atoms. The summed E-state index contributed by atoms with van der Waals surface area (Å²) in [5.41, 5.74) is 2.64. The fraction of sp³-hybridized carbons (Fsp3) is 0.579. The van der Waals surface area contributed by atoms with Crippen molar-refractivity contribution in [2.45, 2.75) is 63.6 Å². The third kappa shape index (κ3) is 3.25. The van der Waals surface area contributed by atoms with E-state index in [4.69, 9.17) is 13.9 Å². The van der Waals surface area contributed by atoms with Crippen LogP contribution in [0.3, 0.4) is 0 Å². The van der Waals surface area contributed by atoms with Crippen LogP contribution < -0.4 is 0 Å². The van der Waals surface area contributed by atoms with Gasteiger partial charge in [0.05, 0.1) is 19.5 Å². The van der Waals surface area contributed by atoms with Crippen molar-refractivity contribution in [3.05, 3.63) is 47.7 Å². The predicted octanol–water partition coefficient (Wildman–Crippen LogP) is 4.60. The van der Waals surface area contributed by atoms with Gasteiger partial charge in [0.25, 0.3) is 0 Å². The quantitative estimate of drug-likeness (QED) is 0.757. The molecular formula is C19H28O3Si. The van der Waals surface area contributed by atoms with E-state index < -0.39 is 8.32 Å². The predicted molar refractivity (Wildman–Crippen MR) is 94.9 cm³/mol. The molecule has 3 nitrogen and oxygen atoms in total. The van der Waals surface area contributed by atoms with E-state index in [9.17, 15) is 0 Å². The lowest BCUT2D eigenvalue weighted by Crippen LogP contribution is -2.48. The monoisotopic (exact) mass is 332 g/mol. The molecule has 126 valence electrons. The Balaban J connectivity index is 1.73. The summed E-state index contributed by atoms with van der Waals surface area (Å²) in [5.74, 6) is 0.265. The summed E-state index contributed by atoms with van der Waals surface area (Å²) >= 11 is 0. The molecule has 0 amide bonds. The highest BCUT2D eigenvalue weighted by molar-refractivity contribution is 6.74. The van der Waals surface area contributed by atoms with E-state index in [1.807, 2.05) is 6.26 Å². The first-order valence-electron chi connectivity index (χ1n) is 8.45. The summed E-state index contributed by atoms with van der Waals surface area (Å²) in [6, 6.07) is 8.53. The molecule has 0 radical (unpaired) electrons. The van der Waals surface area contributed by atoms with Crippen LogP contribution in [0, 0.1) is 0 Å². The summed E-state index contributed by atoms with van der Waals surface area (Å²) in [4.78, 5) is 0. The molecule has 0 bridgehead atoms. The van der Waals surface area contributed by atoms with Gasteiger partial charge < -0.3 is 13.9 Å². The van der Waals surface area contributed by atoms with Gasteiger partial charge in [-0.05, 0) is 35.3 Å². The number of benzene rings is 1. The minimum absolute atomic E-state index is 0.0347. The van der Waals surface area contributed by atoms with Crippen LogP contribution in [0.4, 0.5) is 0 Å². The van der Waals surface area contributed by atoms with Gasteiger partial charge in [0.15, 0.2) is 8.32 Å². The number of rotatable bonds is 3. The van der Waals surface area contributed by atoms with Gasteiger partial charge in [0, 0.05) is 5.92 Å². The van der Waals surface area contributed by atoms with Gasteiger partial charge in [-0.3, -0.25) is 0 Å². The Kier molecular flexibility index (Phi) is 4.42. The van der Waals surface area contributed by atoms with Gasteiger partial charge in [-0.1, -0.05) is 45.0 Å². The largest absolute Gasteiger partial charge is 0.493 e. The van der Waals surface area contributed by atoms with E-state index in [-0.39, 0.29) is 23.2 Å². The lowest BCUT2D eigenvalue weighted by molar-refractivity contribution is -0.0910. The van der Waals surface area contributed by atoms with E-state index in [1.165, 1.54) is 11.1 Å². The zero-order valence-corrected chi connectivity index (χ0v) is 15.8. The molecule has 1 aromatic rings. The normalized spacial score (nSPS) is 27.1. The fourth-order valence-corrected chi connectivity index (χ4v) is 3.97. The Hall–Kier alpha value is -1.10. The molecule has 0 spiro atoms. The van der Waals surface area contributed by atoms with Crippen LogP contribution in [0.15, 0.2) is 36.6 Å². The molecule has 2 aliphatic heterocycles. The topological polar surface area (TPSA) is 27.7 Å². The van der Waals surface area contributed by atoms with Crippen molar-refractivity contribution in [2.24, 2.45) is 0 Å². The van der Waals surface area contributed by atoms with Crippen molar-refractivity contribution in [3.8, 4) is 0 Å². The maximum atomic E-state index is 6.37. The van der Waals surface area contributed by atoms with Crippen LogP contribution in [0.1, 0.15) is 37.8 Å². The van der Waals surface area contributed by atoms with Crippen molar-refractivity contribution in [1.29, 1.82) is 0 Å². The van der Waals surface area contributed by atoms with Gasteiger partial charge in [0.1, 0.15) is 12.2 Å². The first-order valence-corrected chi connectivity index (χ1v) is 11.4. The lowest BCUT2D eigenvalue weighted by atomic mass is 9.84. The Morgan fingerprint density at radius 1 is 1.22 bits per heavy atom. The summed E-state index contributed by atoms with van der Waals surface area (Å²) in [7, 11) is -1.78. The average molecular weight is 333 g/mol. The molecular weight excluding hydrogens is 304 g/mol. The molecule has 0 N–H and O–H groups in total. The SMILES string of the molecule is CC(C)(C)[Si](C)(C)OC[C@H]1OC=C[C@H]2c3ccccc3CO[C@@H]12. The van der Waals surface area contributed by atoms with Crippen molar-refractivity contribution in [1.82, 2.24) is 0 Å². The van der Waals surface area contributed by atoms with Crippen LogP contribution in [0.2, 0.25) is 18.1 Å². The van der Waals surface area contributed by atoms with Gasteiger partial charge in [-0.2, -0.15) is 0 Å². The van der Waals surface area contributed by atoms with Crippen molar-refractivity contribution in [2.75, 3.05) is 6.61 Å². The summed E-state index contributed by atoms with van der Waals surface area (Å²) in [6.07, 6.45) is 3.95. The van der Waals surface area contributed by atoms with E-state index in [0.717, 1.165) is 0 Å². The molecule has 0 aromatic heterocycles. The third-order valence-corrected chi connectivity index (χ3v) is 10.0. The molecule has 3 rings (SSSR count). The van der Waals surface area contributed by atoms with E-state index in [1.54, 1.807) is 0 Å². The molecule has 1 aromatic carbocycles. The Labute approximate surface area is 140 Å². The Morgan fingerprint density at radius 2 is 1.96 bits per heavy atom. The van der Waals surface area contributed by atoms with Crippen molar-refractivity contribution < 1.29 is 13.9 Å². The number of hydrogen-bond acceptors (Lipinski definition) is 3. The van der Waals surface area contributed by atoms with Crippen LogP contribution >= 0.6 is 0 Å². The van der Waals surface area contributed by atoms with Gasteiger partial charge in [0.2, 0.25) is 0 Å². The molecule has 2 aliphatic rings. The van der Waals surface area contributed by atoms with Gasteiger partial charge >= 0.3 is 0 Å². The van der Waals surface area contributed by atoms with Gasteiger partial charge in [-0.15, -0.1) is 0 Å². The Bertz CT molecular complexity index is 589. The molecule has 0 unspecified atom stereocenters. The lowest BCUT2D eigenvalue weighted by Gasteiger charge is -2.42. The second kappa shape index (κ2) is 6.08. The number of ether oxygens (including phenoxy) is 2. The second-order valence-electron chi connectivity index (χ2n) is 8.07. The zero-order chi connectivity index (χ0) is 16.7. The van der Waals surface area contributed by atoms with E-state index in [2.05, 4.69) is 64.2 Å². The summed E-state index contributed by atoms with van der Waals surface area (Å²) < 4.78 is 18.4. The van der Waals surface area contributed by atoms with Crippen molar-refractivity contribution >= 4 is 8.32 Å². The Morgan fingerprint density at radius 3 is 2.70 bits per heavy atom. The summed E-state index contributed by atoms with van der Waals surface area (Å²) in [5, 5.41) is 0.205. The van der Waals surface area contributed by atoms with Crippen LogP contribution in [-0.2, 0) is 20.5 Å². The van der Waals surface area contributed by atoms with Gasteiger partial charge in [-0.25, -0.2) is 0 Å². The smallest absolute Gasteiger partial charge is 0.192 e. The molecule has 0 aliphatic carbocycles. The third-order valence-electron chi connectivity index (χ3n) is 5.52. The summed E-state index contributed by atoms with van der Waals surface area (Å²) in [6.45, 7) is 12.6. The highest BCUT2D eigenvalue weighted by Gasteiger charge is 2.42. The molecule has 3 atom stereocenters. The molecule has 0 saturated carbocycles. The first kappa shape index (κ1) is 16.7. The van der Waals surface area contributed by atoms with Crippen LogP contribution in [0.5, 0.6) is 0 Å². The van der Waals surface area contributed by atoms with Crippen LogP contribution in [-0.4, -0.2) is 27.1 Å². The molecule has 4 heteroatoms. The van der Waals surface area contributed by atoms with Crippen LogP contribution in [0.25, 0.3) is 0 Å². The fourth-order valence-electron chi connectivity index (χ4n) is 2.96. The maximum absolute atomic E-state index is 6.37. The molecule has 0 fully saturated rings. The highest BCUT2D eigenvalue weighted by Crippen LogP contribution is 2.39. The minimum Gasteiger partial charge on any atom is -0.493 e. The minimum atomic E-state index is -1.78. The average Bonchev–Trinajstić information content (AvgIpc) is 2.51. The number of fused-ring (bicyclic) bond motifs is 3. The standard InChI is InChI=1S/C19H28O3Si/c1-19(2,3)23(4,5)22-13-17-18-16(10-11-20-17)15-9-7-6-8-14(15)12-21-18/h6-11,16-18H,12-13H2,1-5H3/t16-,17+,18+/m0/s1. The highest BCUT2D eigenvalue weighted by atomic mass is 28.4. The van der Waals surface area contributed by atoms with E-state index >= 15 is 0 Å². The first-order chi connectivity index (χ1) is 10.8. The second-order valence-corrected chi connectivity index (χ2v) is 12.9. The molecule has 2 heterocycles.